The second-order valence-corrected chi connectivity index (χ2v) is 8.03. The van der Waals surface area contributed by atoms with E-state index in [1.165, 1.54) is 50.6 Å². The summed E-state index contributed by atoms with van der Waals surface area (Å²) in [4.78, 5) is 0. The van der Waals surface area contributed by atoms with Gasteiger partial charge in [-0.3, -0.25) is 0 Å². The minimum atomic E-state index is -0.940. The Labute approximate surface area is 201 Å². The second-order valence-electron chi connectivity index (χ2n) is 7.22. The fourth-order valence-electron chi connectivity index (χ4n) is 3.81. The molecule has 1 radical (unpaired) electrons. The summed E-state index contributed by atoms with van der Waals surface area (Å²) in [5.41, 5.74) is 2.23. The molecule has 1 aliphatic carbocycles. The average Bonchev–Trinajstić information content (AvgIpc) is 2.72. The van der Waals surface area contributed by atoms with Gasteiger partial charge < -0.3 is 4.74 Å². The molecular formula is C24H31F2OPY. The molecule has 0 heterocycles. The van der Waals surface area contributed by atoms with E-state index >= 15 is 0 Å². The Bertz CT molecular complexity index is 756. The minimum Gasteiger partial charge on any atom is -0.494 e. The molecule has 0 amide bonds. The molecule has 0 N–H and O–H groups in total. The molecule has 155 valence electrons. The van der Waals surface area contributed by atoms with E-state index in [0.717, 1.165) is 12.3 Å². The van der Waals surface area contributed by atoms with Gasteiger partial charge >= 0.3 is 0 Å². The van der Waals surface area contributed by atoms with E-state index in [2.05, 4.69) is 34.9 Å². The molecule has 1 fully saturated rings. The van der Waals surface area contributed by atoms with Crippen molar-refractivity contribution < 1.29 is 46.2 Å². The quantitative estimate of drug-likeness (QED) is 0.312. The van der Waals surface area contributed by atoms with Crippen molar-refractivity contribution in [1.82, 2.24) is 0 Å². The molecule has 1 atom stereocenters. The molecule has 2 aromatic carbocycles. The zero-order valence-electron chi connectivity index (χ0n) is 17.5. The molecule has 2 aromatic rings. The van der Waals surface area contributed by atoms with Crippen LogP contribution in [-0.4, -0.2) is 13.3 Å². The summed E-state index contributed by atoms with van der Waals surface area (Å²) in [6.07, 6.45) is 9.12. The van der Waals surface area contributed by atoms with Crippen LogP contribution in [0.1, 0.15) is 50.5 Å². The van der Waals surface area contributed by atoms with Gasteiger partial charge in [-0.1, -0.05) is 37.3 Å². The van der Waals surface area contributed by atoms with Crippen LogP contribution in [0.25, 0.3) is 11.1 Å². The molecule has 0 aliphatic heterocycles. The van der Waals surface area contributed by atoms with Crippen LogP contribution < -0.4 is 4.74 Å². The Balaban J connectivity index is 0.000000990. The van der Waals surface area contributed by atoms with Crippen molar-refractivity contribution in [2.75, 3.05) is 13.3 Å². The van der Waals surface area contributed by atoms with Gasteiger partial charge in [-0.2, -0.15) is 4.39 Å². The van der Waals surface area contributed by atoms with Gasteiger partial charge in [0.15, 0.2) is 11.6 Å². The zero-order chi connectivity index (χ0) is 20.5. The second kappa shape index (κ2) is 13.6. The van der Waals surface area contributed by atoms with Crippen molar-refractivity contribution in [3.63, 3.8) is 0 Å². The number of allylic oxidation sites excluding steroid dienone is 1. The number of hydrogen-bond acceptors (Lipinski definition) is 1. The standard InChI is InChI=1S/C22H24F2O.C2H7P.Y/c1-3-4-15-5-7-16(8-6-15)17-9-11-18(12-10-17)19-13-14-20(25-2)22(24)21(19)23;1-2-3;/h3,9-16H,1,4-8H2,2H3;2-3H2,1H3;. The summed E-state index contributed by atoms with van der Waals surface area (Å²) >= 11 is 0. The molecule has 1 aliphatic rings. The van der Waals surface area contributed by atoms with Gasteiger partial charge in [0.2, 0.25) is 5.82 Å². The topological polar surface area (TPSA) is 9.23 Å². The maximum Gasteiger partial charge on any atom is 0.201 e. The van der Waals surface area contributed by atoms with Gasteiger partial charge in [-0.25, -0.2) is 4.39 Å². The molecule has 0 saturated heterocycles. The van der Waals surface area contributed by atoms with E-state index in [4.69, 9.17) is 4.74 Å². The average molecular weight is 493 g/mol. The molecule has 0 spiro atoms. The van der Waals surface area contributed by atoms with Crippen LogP contribution in [0.15, 0.2) is 49.1 Å². The van der Waals surface area contributed by atoms with Crippen LogP contribution in [0.3, 0.4) is 0 Å². The van der Waals surface area contributed by atoms with Crippen LogP contribution in [0.4, 0.5) is 8.78 Å². The summed E-state index contributed by atoms with van der Waals surface area (Å²) in [6.45, 7) is 5.92. The maximum absolute atomic E-state index is 14.2. The smallest absolute Gasteiger partial charge is 0.201 e. The van der Waals surface area contributed by atoms with E-state index in [-0.39, 0.29) is 44.0 Å². The number of methoxy groups -OCH3 is 1. The predicted octanol–water partition coefficient (Wildman–Crippen LogP) is 7.37. The van der Waals surface area contributed by atoms with Gasteiger partial charge in [0.05, 0.1) is 7.11 Å². The molecule has 1 saturated carbocycles. The van der Waals surface area contributed by atoms with Gasteiger partial charge in [0.1, 0.15) is 0 Å². The fraction of sp³-hybridized carbons (Fsp3) is 0.417. The zero-order valence-corrected chi connectivity index (χ0v) is 21.5. The summed E-state index contributed by atoms with van der Waals surface area (Å²) < 4.78 is 33.0. The molecular weight excluding hydrogens is 462 g/mol. The van der Waals surface area contributed by atoms with Crippen LogP contribution in [0.5, 0.6) is 5.75 Å². The van der Waals surface area contributed by atoms with Crippen LogP contribution in [0.2, 0.25) is 0 Å². The predicted molar refractivity (Wildman–Crippen MR) is 118 cm³/mol. The van der Waals surface area contributed by atoms with Gasteiger partial charge in [0.25, 0.3) is 0 Å². The molecule has 1 unspecified atom stereocenters. The molecule has 29 heavy (non-hydrogen) atoms. The van der Waals surface area contributed by atoms with Crippen molar-refractivity contribution in [3.8, 4) is 16.9 Å². The van der Waals surface area contributed by atoms with E-state index in [1.54, 1.807) is 6.07 Å². The number of halogens is 2. The van der Waals surface area contributed by atoms with Crippen molar-refractivity contribution in [3.05, 3.63) is 66.3 Å². The Hall–Kier alpha value is -0.626. The van der Waals surface area contributed by atoms with E-state index in [9.17, 15) is 8.78 Å². The molecule has 0 aromatic heterocycles. The summed E-state index contributed by atoms with van der Waals surface area (Å²) in [5, 5.41) is 0. The third-order valence-corrected chi connectivity index (χ3v) is 5.31. The third kappa shape index (κ3) is 7.23. The molecule has 3 rings (SSSR count). The van der Waals surface area contributed by atoms with Crippen LogP contribution in [0, 0.1) is 17.6 Å². The van der Waals surface area contributed by atoms with Crippen molar-refractivity contribution in [2.24, 2.45) is 5.92 Å². The van der Waals surface area contributed by atoms with Gasteiger partial charge in [-0.05, 0) is 73.4 Å². The van der Waals surface area contributed by atoms with Gasteiger partial charge in [0, 0.05) is 38.3 Å². The largest absolute Gasteiger partial charge is 0.494 e. The third-order valence-electron chi connectivity index (χ3n) is 5.31. The minimum absolute atomic E-state index is 0. The van der Waals surface area contributed by atoms with Gasteiger partial charge in [-0.15, -0.1) is 15.8 Å². The van der Waals surface area contributed by atoms with Crippen molar-refractivity contribution in [2.45, 2.75) is 44.9 Å². The first-order valence-electron chi connectivity index (χ1n) is 9.98. The van der Waals surface area contributed by atoms with Crippen LogP contribution >= 0.6 is 9.24 Å². The van der Waals surface area contributed by atoms with Crippen LogP contribution in [-0.2, 0) is 32.7 Å². The van der Waals surface area contributed by atoms with Crippen molar-refractivity contribution >= 4 is 9.24 Å². The monoisotopic (exact) mass is 493 g/mol. The molecule has 1 nitrogen and oxygen atoms in total. The Morgan fingerprint density at radius 1 is 1.03 bits per heavy atom. The number of benzene rings is 2. The Kier molecular flexibility index (Phi) is 12.4. The number of rotatable bonds is 5. The fourth-order valence-corrected chi connectivity index (χ4v) is 3.81. The normalized spacial score (nSPS) is 18.1. The van der Waals surface area contributed by atoms with E-state index in [1.807, 2.05) is 18.2 Å². The summed E-state index contributed by atoms with van der Waals surface area (Å²) in [6, 6.07) is 10.9. The number of ether oxygens (including phenoxy) is 1. The first-order valence-corrected chi connectivity index (χ1v) is 10.8. The Morgan fingerprint density at radius 3 is 2.14 bits per heavy atom. The first-order chi connectivity index (χ1) is 13.5. The first kappa shape index (κ1) is 26.4. The summed E-state index contributed by atoms with van der Waals surface area (Å²) in [5.74, 6) is -0.548. The maximum atomic E-state index is 14.2. The van der Waals surface area contributed by atoms with E-state index < -0.39 is 11.6 Å². The molecule has 0 bridgehead atoms. The molecule has 5 heteroatoms. The van der Waals surface area contributed by atoms with Crippen molar-refractivity contribution in [1.29, 1.82) is 0 Å². The Morgan fingerprint density at radius 2 is 1.62 bits per heavy atom. The van der Waals surface area contributed by atoms with E-state index in [0.29, 0.717) is 11.5 Å². The number of hydrogen-bond donors (Lipinski definition) is 0. The summed E-state index contributed by atoms with van der Waals surface area (Å²) in [7, 11) is 3.91. The SMILES string of the molecule is C=CCC1CCC(c2ccc(-c3ccc(OC)c(F)c3F)cc2)CC1.CCP.[Y].